The normalized spacial score (nSPS) is 19.8. The summed E-state index contributed by atoms with van der Waals surface area (Å²) in [5.74, 6) is 1.25. The van der Waals surface area contributed by atoms with Crippen LogP contribution in [0, 0.1) is 11.8 Å². The molecule has 18 heavy (non-hydrogen) atoms. The number of nitrogen functional groups attached to an aromatic ring is 1. The van der Waals surface area contributed by atoms with Crippen LogP contribution in [-0.2, 0) is 6.54 Å². The molecule has 1 aromatic heterocycles. The van der Waals surface area contributed by atoms with Crippen molar-refractivity contribution in [2.24, 2.45) is 11.8 Å². The Morgan fingerprint density at radius 2 is 2.33 bits per heavy atom. The first-order valence-electron chi connectivity index (χ1n) is 6.65. The van der Waals surface area contributed by atoms with Gasteiger partial charge in [0, 0.05) is 19.6 Å². The number of hydrogen-bond acceptors (Lipinski definition) is 3. The molecule has 0 aromatic carbocycles. The number of rotatable bonds is 3. The van der Waals surface area contributed by atoms with Gasteiger partial charge in [0.1, 0.15) is 5.69 Å². The van der Waals surface area contributed by atoms with E-state index in [2.05, 4.69) is 18.9 Å². The second-order valence-corrected chi connectivity index (χ2v) is 5.31. The van der Waals surface area contributed by atoms with Gasteiger partial charge in [-0.1, -0.05) is 13.8 Å². The highest BCUT2D eigenvalue weighted by molar-refractivity contribution is 5.97. The van der Waals surface area contributed by atoms with E-state index in [0.717, 1.165) is 19.5 Å². The molecule has 1 aliphatic heterocycles. The molecular weight excluding hydrogens is 228 g/mol. The van der Waals surface area contributed by atoms with E-state index < -0.39 is 0 Å². The van der Waals surface area contributed by atoms with Gasteiger partial charge in [-0.2, -0.15) is 5.10 Å². The van der Waals surface area contributed by atoms with Crippen LogP contribution in [0.1, 0.15) is 37.7 Å². The zero-order valence-electron chi connectivity index (χ0n) is 11.4. The lowest BCUT2D eigenvalue weighted by Gasteiger charge is -2.18. The van der Waals surface area contributed by atoms with Crippen molar-refractivity contribution in [3.05, 3.63) is 11.9 Å². The minimum absolute atomic E-state index is 0.0231. The SMILES string of the molecule is CCn1ncc(N)c1C(=O)N1CCC(C(C)C)C1. The maximum atomic E-state index is 12.5. The van der Waals surface area contributed by atoms with Crippen LogP contribution in [0.5, 0.6) is 0 Å². The maximum Gasteiger partial charge on any atom is 0.274 e. The van der Waals surface area contributed by atoms with Crippen molar-refractivity contribution in [1.29, 1.82) is 0 Å². The number of aromatic nitrogens is 2. The number of carbonyl (C=O) groups excluding carboxylic acids is 1. The van der Waals surface area contributed by atoms with Gasteiger partial charge in [-0.05, 0) is 25.2 Å². The van der Waals surface area contributed by atoms with Crippen molar-refractivity contribution in [3.8, 4) is 0 Å². The summed E-state index contributed by atoms with van der Waals surface area (Å²) >= 11 is 0. The molecule has 1 unspecified atom stereocenters. The first-order valence-corrected chi connectivity index (χ1v) is 6.65. The highest BCUT2D eigenvalue weighted by atomic mass is 16.2. The molecule has 1 fully saturated rings. The Labute approximate surface area is 108 Å². The summed E-state index contributed by atoms with van der Waals surface area (Å²) in [5.41, 5.74) is 6.87. The molecule has 2 N–H and O–H groups in total. The highest BCUT2D eigenvalue weighted by Gasteiger charge is 2.31. The Morgan fingerprint density at radius 3 is 2.89 bits per heavy atom. The largest absolute Gasteiger partial charge is 0.396 e. The zero-order valence-corrected chi connectivity index (χ0v) is 11.4. The molecule has 100 valence electrons. The minimum Gasteiger partial charge on any atom is -0.396 e. The van der Waals surface area contributed by atoms with Gasteiger partial charge in [0.2, 0.25) is 0 Å². The summed E-state index contributed by atoms with van der Waals surface area (Å²) in [4.78, 5) is 14.4. The second-order valence-electron chi connectivity index (χ2n) is 5.31. The van der Waals surface area contributed by atoms with Gasteiger partial charge in [0.25, 0.3) is 5.91 Å². The number of likely N-dealkylation sites (tertiary alicyclic amines) is 1. The molecule has 1 amide bonds. The summed E-state index contributed by atoms with van der Waals surface area (Å²) < 4.78 is 1.68. The average Bonchev–Trinajstić information content (AvgIpc) is 2.94. The molecule has 0 radical (unpaired) electrons. The number of nitrogens with two attached hydrogens (primary N) is 1. The molecule has 0 saturated carbocycles. The summed E-state index contributed by atoms with van der Waals surface area (Å²) in [7, 11) is 0. The third kappa shape index (κ3) is 2.21. The summed E-state index contributed by atoms with van der Waals surface area (Å²) in [6.07, 6.45) is 2.65. The molecular formula is C13H22N4O. The minimum atomic E-state index is 0.0231. The van der Waals surface area contributed by atoms with E-state index >= 15 is 0 Å². The van der Waals surface area contributed by atoms with Crippen LogP contribution in [0.2, 0.25) is 0 Å². The van der Waals surface area contributed by atoms with Crippen LogP contribution in [0.4, 0.5) is 5.69 Å². The number of amides is 1. The quantitative estimate of drug-likeness (QED) is 0.886. The first kappa shape index (κ1) is 12.9. The van der Waals surface area contributed by atoms with Gasteiger partial charge in [-0.25, -0.2) is 0 Å². The van der Waals surface area contributed by atoms with Crippen molar-refractivity contribution in [1.82, 2.24) is 14.7 Å². The number of carbonyl (C=O) groups is 1. The molecule has 0 bridgehead atoms. The highest BCUT2D eigenvalue weighted by Crippen LogP contribution is 2.26. The monoisotopic (exact) mass is 250 g/mol. The van der Waals surface area contributed by atoms with Crippen molar-refractivity contribution in [3.63, 3.8) is 0 Å². The topological polar surface area (TPSA) is 64.2 Å². The Balaban J connectivity index is 2.15. The third-order valence-corrected chi connectivity index (χ3v) is 3.82. The predicted octanol–water partition coefficient (Wildman–Crippen LogP) is 1.60. The van der Waals surface area contributed by atoms with Crippen molar-refractivity contribution in [2.45, 2.75) is 33.7 Å². The van der Waals surface area contributed by atoms with Gasteiger partial charge in [0.05, 0.1) is 11.9 Å². The van der Waals surface area contributed by atoms with Gasteiger partial charge < -0.3 is 10.6 Å². The molecule has 0 spiro atoms. The lowest BCUT2D eigenvalue weighted by Crippen LogP contribution is -2.31. The number of hydrogen-bond donors (Lipinski definition) is 1. The number of aryl methyl sites for hydroxylation is 1. The molecule has 2 heterocycles. The molecule has 5 heteroatoms. The molecule has 5 nitrogen and oxygen atoms in total. The average molecular weight is 250 g/mol. The number of nitrogens with zero attached hydrogens (tertiary/aromatic N) is 3. The van der Waals surface area contributed by atoms with Crippen molar-refractivity contribution < 1.29 is 4.79 Å². The molecule has 1 aliphatic rings. The standard InChI is InChI=1S/C13H22N4O/c1-4-17-12(11(14)7-15-17)13(18)16-6-5-10(8-16)9(2)3/h7,9-10H,4-6,8,14H2,1-3H3. The van der Waals surface area contributed by atoms with Crippen LogP contribution >= 0.6 is 0 Å². The van der Waals surface area contributed by atoms with E-state index in [1.807, 2.05) is 11.8 Å². The van der Waals surface area contributed by atoms with Gasteiger partial charge >= 0.3 is 0 Å². The summed E-state index contributed by atoms with van der Waals surface area (Å²) in [5, 5.41) is 4.12. The van der Waals surface area contributed by atoms with Crippen LogP contribution in [-0.4, -0.2) is 33.7 Å². The summed E-state index contributed by atoms with van der Waals surface area (Å²) in [6, 6.07) is 0. The zero-order chi connectivity index (χ0) is 13.3. The maximum absolute atomic E-state index is 12.5. The Kier molecular flexibility index (Phi) is 3.59. The van der Waals surface area contributed by atoms with Crippen LogP contribution in [0.3, 0.4) is 0 Å². The Bertz CT molecular complexity index is 438. The third-order valence-electron chi connectivity index (χ3n) is 3.82. The predicted molar refractivity (Wildman–Crippen MR) is 71.2 cm³/mol. The fraction of sp³-hybridized carbons (Fsp3) is 0.692. The van der Waals surface area contributed by atoms with Crippen molar-refractivity contribution in [2.75, 3.05) is 18.8 Å². The fourth-order valence-electron chi connectivity index (χ4n) is 2.54. The van der Waals surface area contributed by atoms with Crippen LogP contribution < -0.4 is 5.73 Å². The molecule has 1 aromatic rings. The Morgan fingerprint density at radius 1 is 1.61 bits per heavy atom. The molecule has 0 aliphatic carbocycles. The van der Waals surface area contributed by atoms with Crippen LogP contribution in [0.15, 0.2) is 6.20 Å². The fourth-order valence-corrected chi connectivity index (χ4v) is 2.54. The van der Waals surface area contributed by atoms with E-state index in [0.29, 0.717) is 29.8 Å². The van der Waals surface area contributed by atoms with Crippen molar-refractivity contribution >= 4 is 11.6 Å². The second kappa shape index (κ2) is 5.00. The lowest BCUT2D eigenvalue weighted by atomic mass is 9.95. The van der Waals surface area contributed by atoms with Gasteiger partial charge in [0.15, 0.2) is 0 Å². The Hall–Kier alpha value is -1.52. The van der Waals surface area contributed by atoms with E-state index in [9.17, 15) is 4.79 Å². The van der Waals surface area contributed by atoms with E-state index in [1.54, 1.807) is 10.9 Å². The first-order chi connectivity index (χ1) is 8.54. The lowest BCUT2D eigenvalue weighted by molar-refractivity contribution is 0.0773. The van der Waals surface area contributed by atoms with Gasteiger partial charge in [-0.15, -0.1) is 0 Å². The van der Waals surface area contributed by atoms with Crippen LogP contribution in [0.25, 0.3) is 0 Å². The summed E-state index contributed by atoms with van der Waals surface area (Å²) in [6.45, 7) is 8.72. The molecule has 1 atom stereocenters. The number of anilines is 1. The van der Waals surface area contributed by atoms with E-state index in [4.69, 9.17) is 5.73 Å². The molecule has 2 rings (SSSR count). The molecule has 1 saturated heterocycles. The smallest absolute Gasteiger partial charge is 0.274 e. The van der Waals surface area contributed by atoms with Gasteiger partial charge in [-0.3, -0.25) is 9.48 Å². The van der Waals surface area contributed by atoms with E-state index in [1.165, 1.54) is 0 Å². The van der Waals surface area contributed by atoms with E-state index in [-0.39, 0.29) is 5.91 Å².